The molecule has 1 atom stereocenters. The number of amides is 2. The molecule has 1 aliphatic rings. The predicted molar refractivity (Wildman–Crippen MR) is 71.9 cm³/mol. The summed E-state index contributed by atoms with van der Waals surface area (Å²) in [6.45, 7) is 0. The van der Waals surface area contributed by atoms with E-state index in [1.54, 1.807) is 0 Å². The van der Waals surface area contributed by atoms with Crippen LogP contribution in [-0.2, 0) is 14.4 Å². The summed E-state index contributed by atoms with van der Waals surface area (Å²) in [6, 6.07) is 4.29. The summed E-state index contributed by atoms with van der Waals surface area (Å²) in [7, 11) is 0. The molecule has 112 valence electrons. The SMILES string of the molecule is O=C(Nc1ccccc1F)C(=O)NC(CC1CC1)C(=O)O. The van der Waals surface area contributed by atoms with Crippen LogP contribution in [0.15, 0.2) is 24.3 Å². The molecule has 0 spiro atoms. The molecule has 2 amide bonds. The number of hydrogen-bond acceptors (Lipinski definition) is 3. The van der Waals surface area contributed by atoms with Crippen molar-refractivity contribution in [1.82, 2.24) is 5.32 Å². The summed E-state index contributed by atoms with van der Waals surface area (Å²) >= 11 is 0. The molecule has 0 saturated heterocycles. The van der Waals surface area contributed by atoms with Gasteiger partial charge in [-0.2, -0.15) is 0 Å². The lowest BCUT2D eigenvalue weighted by atomic mass is 10.1. The molecule has 1 saturated carbocycles. The highest BCUT2D eigenvalue weighted by Crippen LogP contribution is 2.33. The summed E-state index contributed by atoms with van der Waals surface area (Å²) in [5.74, 6) is -3.77. The van der Waals surface area contributed by atoms with E-state index in [2.05, 4.69) is 10.6 Å². The Morgan fingerprint density at radius 2 is 1.90 bits per heavy atom. The number of para-hydroxylation sites is 1. The summed E-state index contributed by atoms with van der Waals surface area (Å²) in [4.78, 5) is 34.3. The quantitative estimate of drug-likeness (QED) is 0.709. The zero-order valence-electron chi connectivity index (χ0n) is 11.1. The van der Waals surface area contributed by atoms with E-state index < -0.39 is 29.6 Å². The first-order chi connectivity index (χ1) is 9.97. The molecular formula is C14H15FN2O4. The van der Waals surface area contributed by atoms with E-state index in [0.29, 0.717) is 6.42 Å². The molecule has 1 unspecified atom stereocenters. The fourth-order valence-corrected chi connectivity index (χ4v) is 1.87. The molecule has 3 N–H and O–H groups in total. The number of aliphatic carboxylic acids is 1. The Kier molecular flexibility index (Phi) is 4.52. The standard InChI is InChI=1S/C14H15FN2O4/c15-9-3-1-2-4-10(9)16-12(18)13(19)17-11(14(20)21)7-8-5-6-8/h1-4,8,11H,5-7H2,(H,16,18)(H,17,19)(H,20,21). The highest BCUT2D eigenvalue weighted by Gasteiger charge is 2.31. The Morgan fingerprint density at radius 1 is 1.24 bits per heavy atom. The number of hydrogen-bond donors (Lipinski definition) is 3. The van der Waals surface area contributed by atoms with E-state index in [0.717, 1.165) is 18.9 Å². The largest absolute Gasteiger partial charge is 0.480 e. The van der Waals surface area contributed by atoms with Crippen molar-refractivity contribution >= 4 is 23.5 Å². The van der Waals surface area contributed by atoms with Crippen LogP contribution in [0.3, 0.4) is 0 Å². The van der Waals surface area contributed by atoms with E-state index in [4.69, 9.17) is 5.11 Å². The zero-order valence-corrected chi connectivity index (χ0v) is 11.1. The number of anilines is 1. The lowest BCUT2D eigenvalue weighted by Gasteiger charge is -2.13. The molecular weight excluding hydrogens is 279 g/mol. The Bertz CT molecular complexity index is 572. The van der Waals surface area contributed by atoms with Crippen molar-refractivity contribution in [2.24, 2.45) is 5.92 Å². The van der Waals surface area contributed by atoms with Crippen LogP contribution in [0.4, 0.5) is 10.1 Å². The van der Waals surface area contributed by atoms with Gasteiger partial charge in [-0.1, -0.05) is 25.0 Å². The monoisotopic (exact) mass is 294 g/mol. The molecule has 0 aliphatic heterocycles. The Hall–Kier alpha value is -2.44. The van der Waals surface area contributed by atoms with Crippen molar-refractivity contribution < 1.29 is 23.9 Å². The average molecular weight is 294 g/mol. The molecule has 2 rings (SSSR count). The second-order valence-electron chi connectivity index (χ2n) is 4.98. The maximum atomic E-state index is 13.3. The van der Waals surface area contributed by atoms with E-state index >= 15 is 0 Å². The van der Waals surface area contributed by atoms with Crippen molar-refractivity contribution in [3.05, 3.63) is 30.1 Å². The van der Waals surface area contributed by atoms with E-state index in [1.807, 2.05) is 0 Å². The molecule has 0 aromatic heterocycles. The van der Waals surface area contributed by atoms with Crippen LogP contribution in [0.25, 0.3) is 0 Å². The van der Waals surface area contributed by atoms with Crippen molar-refractivity contribution in [2.45, 2.75) is 25.3 Å². The predicted octanol–water partition coefficient (Wildman–Crippen LogP) is 1.13. The van der Waals surface area contributed by atoms with Gasteiger partial charge in [-0.25, -0.2) is 9.18 Å². The van der Waals surface area contributed by atoms with Gasteiger partial charge in [-0.05, 0) is 24.5 Å². The number of carboxylic acid groups (broad SMARTS) is 1. The lowest BCUT2D eigenvalue weighted by Crippen LogP contribution is -2.46. The fourth-order valence-electron chi connectivity index (χ4n) is 1.87. The second-order valence-corrected chi connectivity index (χ2v) is 4.98. The van der Waals surface area contributed by atoms with Crippen molar-refractivity contribution in [3.63, 3.8) is 0 Å². The van der Waals surface area contributed by atoms with Crippen LogP contribution in [0.2, 0.25) is 0 Å². The third kappa shape index (κ3) is 4.27. The second kappa shape index (κ2) is 6.34. The third-order valence-corrected chi connectivity index (χ3v) is 3.20. The molecule has 0 heterocycles. The number of rotatable bonds is 5. The molecule has 7 heteroatoms. The van der Waals surface area contributed by atoms with Gasteiger partial charge in [-0.3, -0.25) is 9.59 Å². The van der Waals surface area contributed by atoms with E-state index in [1.165, 1.54) is 18.2 Å². The summed E-state index contributed by atoms with van der Waals surface area (Å²) in [5, 5.41) is 13.3. The first kappa shape index (κ1) is 15.0. The highest BCUT2D eigenvalue weighted by atomic mass is 19.1. The fraction of sp³-hybridized carbons (Fsp3) is 0.357. The number of nitrogens with one attached hydrogen (secondary N) is 2. The number of carbonyl (C=O) groups is 3. The van der Waals surface area contributed by atoms with Gasteiger partial charge in [0.25, 0.3) is 0 Å². The van der Waals surface area contributed by atoms with Crippen LogP contribution >= 0.6 is 0 Å². The van der Waals surface area contributed by atoms with Crippen LogP contribution in [0, 0.1) is 11.7 Å². The first-order valence-corrected chi connectivity index (χ1v) is 6.56. The number of carbonyl (C=O) groups excluding carboxylic acids is 2. The van der Waals surface area contributed by atoms with Crippen molar-refractivity contribution in [3.8, 4) is 0 Å². The van der Waals surface area contributed by atoms with Crippen LogP contribution in [-0.4, -0.2) is 28.9 Å². The van der Waals surface area contributed by atoms with Gasteiger partial charge in [0.1, 0.15) is 11.9 Å². The molecule has 1 aliphatic carbocycles. The van der Waals surface area contributed by atoms with Crippen LogP contribution in [0.1, 0.15) is 19.3 Å². The molecule has 0 bridgehead atoms. The van der Waals surface area contributed by atoms with Crippen molar-refractivity contribution in [2.75, 3.05) is 5.32 Å². The molecule has 1 aromatic rings. The lowest BCUT2D eigenvalue weighted by molar-refractivity contribution is -0.143. The molecule has 6 nitrogen and oxygen atoms in total. The minimum absolute atomic E-state index is 0.133. The Balaban J connectivity index is 1.93. The molecule has 1 aromatic carbocycles. The topological polar surface area (TPSA) is 95.5 Å². The van der Waals surface area contributed by atoms with Gasteiger partial charge in [0.15, 0.2) is 0 Å². The smallest absolute Gasteiger partial charge is 0.326 e. The number of halogens is 1. The number of benzene rings is 1. The van der Waals surface area contributed by atoms with E-state index in [-0.39, 0.29) is 11.6 Å². The van der Waals surface area contributed by atoms with Gasteiger partial charge in [0, 0.05) is 0 Å². The van der Waals surface area contributed by atoms with Crippen LogP contribution in [0.5, 0.6) is 0 Å². The Morgan fingerprint density at radius 3 is 2.48 bits per heavy atom. The molecule has 1 fully saturated rings. The van der Waals surface area contributed by atoms with Gasteiger partial charge in [-0.15, -0.1) is 0 Å². The maximum absolute atomic E-state index is 13.3. The van der Waals surface area contributed by atoms with Gasteiger partial charge < -0.3 is 15.7 Å². The van der Waals surface area contributed by atoms with E-state index in [9.17, 15) is 18.8 Å². The normalized spacial score (nSPS) is 15.1. The van der Waals surface area contributed by atoms with Gasteiger partial charge in [0.2, 0.25) is 0 Å². The summed E-state index contributed by atoms with van der Waals surface area (Å²) in [5.41, 5.74) is -0.133. The Labute approximate surface area is 120 Å². The minimum Gasteiger partial charge on any atom is -0.480 e. The molecule has 21 heavy (non-hydrogen) atoms. The summed E-state index contributed by atoms with van der Waals surface area (Å²) in [6.07, 6.45) is 2.16. The zero-order chi connectivity index (χ0) is 15.4. The average Bonchev–Trinajstić information content (AvgIpc) is 3.24. The van der Waals surface area contributed by atoms with Gasteiger partial charge >= 0.3 is 17.8 Å². The first-order valence-electron chi connectivity index (χ1n) is 6.56. The maximum Gasteiger partial charge on any atom is 0.326 e. The third-order valence-electron chi connectivity index (χ3n) is 3.20. The summed E-state index contributed by atoms with van der Waals surface area (Å²) < 4.78 is 13.3. The van der Waals surface area contributed by atoms with Crippen LogP contribution < -0.4 is 10.6 Å². The highest BCUT2D eigenvalue weighted by molar-refractivity contribution is 6.40. The minimum atomic E-state index is -1.19. The number of carboxylic acids is 1. The molecule has 0 radical (unpaired) electrons. The van der Waals surface area contributed by atoms with Gasteiger partial charge in [0.05, 0.1) is 5.69 Å². The van der Waals surface area contributed by atoms with Crippen molar-refractivity contribution in [1.29, 1.82) is 0 Å².